The van der Waals surface area contributed by atoms with Crippen molar-refractivity contribution < 1.29 is 19.0 Å². The van der Waals surface area contributed by atoms with Crippen molar-refractivity contribution in [2.75, 3.05) is 7.11 Å². The maximum Gasteiger partial charge on any atom is 0.356 e. The Hall–Kier alpha value is -2.60. The molecule has 0 aliphatic carbocycles. The van der Waals surface area contributed by atoms with Gasteiger partial charge >= 0.3 is 5.97 Å². The second-order valence-corrected chi connectivity index (χ2v) is 5.56. The summed E-state index contributed by atoms with van der Waals surface area (Å²) in [6.45, 7) is 5.35. The monoisotopic (exact) mass is 330 g/mol. The van der Waals surface area contributed by atoms with Crippen LogP contribution in [0.5, 0.6) is 0 Å². The summed E-state index contributed by atoms with van der Waals surface area (Å²) < 4.78 is 18.5. The zero-order chi connectivity index (χ0) is 17.9. The zero-order valence-electron chi connectivity index (χ0n) is 14.0. The number of nitrogens with zero attached hydrogens (tertiary/aromatic N) is 2. The maximum absolute atomic E-state index is 13.8. The highest BCUT2D eigenvalue weighted by molar-refractivity contribution is 5.87. The number of hydrogen-bond acceptors (Lipinski definition) is 5. The highest BCUT2D eigenvalue weighted by Gasteiger charge is 2.20. The van der Waals surface area contributed by atoms with Gasteiger partial charge in [0.2, 0.25) is 0 Å². The Morgan fingerprint density at radius 2 is 2.04 bits per heavy atom. The van der Waals surface area contributed by atoms with Gasteiger partial charge in [-0.25, -0.2) is 14.2 Å². The number of aliphatic hydroxyl groups excluding tert-OH is 1. The van der Waals surface area contributed by atoms with Gasteiger partial charge in [0.05, 0.1) is 18.5 Å². The van der Waals surface area contributed by atoms with Crippen molar-refractivity contribution >= 4 is 17.4 Å². The number of halogens is 1. The molecule has 2 rings (SSSR count). The Balaban J connectivity index is 2.56. The van der Waals surface area contributed by atoms with E-state index >= 15 is 0 Å². The highest BCUT2D eigenvalue weighted by Crippen LogP contribution is 2.33. The number of aryl methyl sites for hydroxylation is 1. The molecule has 0 aliphatic rings. The SMILES string of the molecule is COC(=O)c1cccc(C(O)c2cc(F)cc(C)c2N=C(C)C)n1. The first-order valence-electron chi connectivity index (χ1n) is 7.38. The lowest BCUT2D eigenvalue weighted by molar-refractivity contribution is 0.0593. The summed E-state index contributed by atoms with van der Waals surface area (Å²) in [7, 11) is 1.25. The van der Waals surface area contributed by atoms with Gasteiger partial charge in [-0.2, -0.15) is 0 Å². The first-order chi connectivity index (χ1) is 11.3. The molecule has 2 aromatic rings. The zero-order valence-corrected chi connectivity index (χ0v) is 14.0. The molecule has 0 spiro atoms. The quantitative estimate of drug-likeness (QED) is 0.688. The molecule has 0 amide bonds. The van der Waals surface area contributed by atoms with E-state index in [2.05, 4.69) is 14.7 Å². The predicted molar refractivity (Wildman–Crippen MR) is 89.2 cm³/mol. The van der Waals surface area contributed by atoms with Crippen molar-refractivity contribution in [3.8, 4) is 0 Å². The Morgan fingerprint density at radius 3 is 2.67 bits per heavy atom. The largest absolute Gasteiger partial charge is 0.464 e. The van der Waals surface area contributed by atoms with Crippen molar-refractivity contribution in [2.24, 2.45) is 4.99 Å². The summed E-state index contributed by atoms with van der Waals surface area (Å²) in [4.78, 5) is 20.1. The van der Waals surface area contributed by atoms with Crippen LogP contribution in [0.4, 0.5) is 10.1 Å². The van der Waals surface area contributed by atoms with Crippen LogP contribution in [-0.2, 0) is 4.74 Å². The second-order valence-electron chi connectivity index (χ2n) is 5.56. The van der Waals surface area contributed by atoms with Crippen molar-refractivity contribution in [3.63, 3.8) is 0 Å². The number of aliphatic imine (C=N–C) groups is 1. The van der Waals surface area contributed by atoms with E-state index in [4.69, 9.17) is 0 Å². The Labute approximate surface area is 139 Å². The van der Waals surface area contributed by atoms with Gasteiger partial charge in [0.25, 0.3) is 0 Å². The lowest BCUT2D eigenvalue weighted by Gasteiger charge is -2.16. The van der Waals surface area contributed by atoms with E-state index in [1.165, 1.54) is 25.3 Å². The fourth-order valence-corrected chi connectivity index (χ4v) is 2.33. The van der Waals surface area contributed by atoms with Crippen molar-refractivity contribution in [1.29, 1.82) is 0 Å². The number of ether oxygens (including phenoxy) is 1. The minimum absolute atomic E-state index is 0.0684. The van der Waals surface area contributed by atoms with Crippen LogP contribution in [-0.4, -0.2) is 28.9 Å². The molecule has 0 bridgehead atoms. The van der Waals surface area contributed by atoms with Gasteiger partial charge in [0, 0.05) is 11.3 Å². The molecule has 1 atom stereocenters. The first-order valence-corrected chi connectivity index (χ1v) is 7.38. The van der Waals surface area contributed by atoms with E-state index < -0.39 is 17.9 Å². The van der Waals surface area contributed by atoms with Crippen molar-refractivity contribution in [1.82, 2.24) is 4.98 Å². The van der Waals surface area contributed by atoms with Crippen LogP contribution in [0.3, 0.4) is 0 Å². The van der Waals surface area contributed by atoms with Crippen LogP contribution >= 0.6 is 0 Å². The summed E-state index contributed by atoms with van der Waals surface area (Å²) >= 11 is 0. The number of aromatic nitrogens is 1. The molecule has 0 saturated carbocycles. The van der Waals surface area contributed by atoms with Crippen molar-refractivity contribution in [2.45, 2.75) is 26.9 Å². The molecule has 0 radical (unpaired) electrons. The molecule has 1 unspecified atom stereocenters. The van der Waals surface area contributed by atoms with Gasteiger partial charge in [-0.05, 0) is 50.6 Å². The average Bonchev–Trinajstić information content (AvgIpc) is 2.55. The number of pyridine rings is 1. The molecule has 1 heterocycles. The fraction of sp³-hybridized carbons (Fsp3) is 0.278. The summed E-state index contributed by atoms with van der Waals surface area (Å²) in [6, 6.07) is 7.21. The Morgan fingerprint density at radius 1 is 1.33 bits per heavy atom. The fourth-order valence-electron chi connectivity index (χ4n) is 2.33. The predicted octanol–water partition coefficient (Wildman–Crippen LogP) is 3.51. The minimum atomic E-state index is -1.22. The van der Waals surface area contributed by atoms with E-state index in [0.717, 1.165) is 5.71 Å². The summed E-state index contributed by atoms with van der Waals surface area (Å²) in [5, 5.41) is 10.7. The van der Waals surface area contributed by atoms with E-state index in [9.17, 15) is 14.3 Å². The number of hydrogen-bond donors (Lipinski definition) is 1. The van der Waals surface area contributed by atoms with Gasteiger partial charge in [-0.3, -0.25) is 4.99 Å². The molecule has 24 heavy (non-hydrogen) atoms. The van der Waals surface area contributed by atoms with E-state index in [1.807, 2.05) is 13.8 Å². The number of rotatable bonds is 4. The average molecular weight is 330 g/mol. The lowest BCUT2D eigenvalue weighted by Crippen LogP contribution is -2.10. The molecule has 0 fully saturated rings. The third-order valence-electron chi connectivity index (χ3n) is 3.37. The standard InChI is InChI=1S/C18H19FN2O3/c1-10(2)20-16-11(3)8-12(19)9-13(16)17(22)14-6-5-7-15(21-14)18(23)24-4/h5-9,17,22H,1-4H3. The molecule has 0 saturated heterocycles. The highest BCUT2D eigenvalue weighted by atomic mass is 19.1. The molecule has 0 aliphatic heterocycles. The van der Waals surface area contributed by atoms with Gasteiger partial charge < -0.3 is 9.84 Å². The van der Waals surface area contributed by atoms with Crippen molar-refractivity contribution in [3.05, 3.63) is 58.7 Å². The third kappa shape index (κ3) is 3.83. The van der Waals surface area contributed by atoms with E-state index in [0.29, 0.717) is 16.8 Å². The summed E-state index contributed by atoms with van der Waals surface area (Å²) in [5.41, 5.74) is 2.45. The van der Waals surface area contributed by atoms with Crippen LogP contribution < -0.4 is 0 Å². The molecular weight excluding hydrogens is 311 g/mol. The molecular formula is C18H19FN2O3. The molecule has 5 nitrogen and oxygen atoms in total. The van der Waals surface area contributed by atoms with Crippen LogP contribution in [0.25, 0.3) is 0 Å². The number of carbonyl (C=O) groups excluding carboxylic acids is 1. The minimum Gasteiger partial charge on any atom is -0.464 e. The smallest absolute Gasteiger partial charge is 0.356 e. The van der Waals surface area contributed by atoms with E-state index in [-0.39, 0.29) is 11.4 Å². The van der Waals surface area contributed by atoms with Gasteiger partial charge in [0.15, 0.2) is 0 Å². The number of methoxy groups -OCH3 is 1. The second kappa shape index (κ2) is 7.31. The maximum atomic E-state index is 13.8. The lowest BCUT2D eigenvalue weighted by atomic mass is 10.00. The Bertz CT molecular complexity index is 799. The number of aliphatic hydroxyl groups is 1. The summed E-state index contributed by atoms with van der Waals surface area (Å²) in [6.07, 6.45) is -1.22. The van der Waals surface area contributed by atoms with Gasteiger partial charge in [0.1, 0.15) is 17.6 Å². The summed E-state index contributed by atoms with van der Waals surface area (Å²) in [5.74, 6) is -1.08. The number of esters is 1. The van der Waals surface area contributed by atoms with Crippen LogP contribution in [0, 0.1) is 12.7 Å². The van der Waals surface area contributed by atoms with E-state index in [1.54, 1.807) is 19.1 Å². The molecule has 126 valence electrons. The molecule has 1 aromatic heterocycles. The van der Waals surface area contributed by atoms with Gasteiger partial charge in [-0.15, -0.1) is 0 Å². The van der Waals surface area contributed by atoms with Crippen LogP contribution in [0.1, 0.15) is 47.3 Å². The third-order valence-corrected chi connectivity index (χ3v) is 3.37. The number of carbonyl (C=O) groups is 1. The number of benzene rings is 1. The molecule has 1 aromatic carbocycles. The first kappa shape index (κ1) is 17.7. The normalized spacial score (nSPS) is 11.8. The molecule has 1 N–H and O–H groups in total. The van der Waals surface area contributed by atoms with Crippen LogP contribution in [0.2, 0.25) is 0 Å². The van der Waals surface area contributed by atoms with Crippen LogP contribution in [0.15, 0.2) is 35.3 Å². The topological polar surface area (TPSA) is 71.8 Å². The molecule has 6 heteroatoms. The Kier molecular flexibility index (Phi) is 5.41. The van der Waals surface area contributed by atoms with Gasteiger partial charge in [-0.1, -0.05) is 6.07 Å².